The van der Waals surface area contributed by atoms with Crippen molar-refractivity contribution >= 4 is 23.2 Å². The van der Waals surface area contributed by atoms with Crippen LogP contribution in [0.1, 0.15) is 10.4 Å². The molecule has 3 nitrogen and oxygen atoms in total. The van der Waals surface area contributed by atoms with E-state index in [9.17, 15) is 13.7 Å². The third-order valence-electron chi connectivity index (χ3n) is 2.21. The second kappa shape index (κ2) is 5.10. The van der Waals surface area contributed by atoms with Gasteiger partial charge in [0.15, 0.2) is 0 Å². The van der Waals surface area contributed by atoms with E-state index >= 15 is 0 Å². The SMILES string of the molecule is O=C(c1cccnc1)N(F)c1ccc(F)cc1Cl. The van der Waals surface area contributed by atoms with Gasteiger partial charge in [-0.15, -0.1) is 5.12 Å². The predicted octanol–water partition coefficient (Wildman–Crippen LogP) is 3.41. The molecule has 0 bridgehead atoms. The maximum absolute atomic E-state index is 13.9. The summed E-state index contributed by atoms with van der Waals surface area (Å²) in [6.45, 7) is 0. The van der Waals surface area contributed by atoms with Crippen LogP contribution >= 0.6 is 11.6 Å². The number of pyridine rings is 1. The second-order valence-corrected chi connectivity index (χ2v) is 3.83. The van der Waals surface area contributed by atoms with Gasteiger partial charge in [0.25, 0.3) is 5.91 Å². The number of hydrogen-bond acceptors (Lipinski definition) is 2. The number of aromatic nitrogens is 1. The van der Waals surface area contributed by atoms with Crippen LogP contribution < -0.4 is 5.12 Å². The van der Waals surface area contributed by atoms with E-state index < -0.39 is 11.7 Å². The highest BCUT2D eigenvalue weighted by molar-refractivity contribution is 6.33. The molecule has 0 radical (unpaired) electrons. The molecule has 1 aromatic heterocycles. The first-order chi connectivity index (χ1) is 8.59. The average Bonchev–Trinajstić information content (AvgIpc) is 2.38. The number of halogens is 3. The summed E-state index contributed by atoms with van der Waals surface area (Å²) in [5, 5.41) is -0.326. The van der Waals surface area contributed by atoms with Gasteiger partial charge in [-0.3, -0.25) is 9.78 Å². The topological polar surface area (TPSA) is 33.2 Å². The summed E-state index contributed by atoms with van der Waals surface area (Å²) in [5.74, 6) is -1.53. The molecule has 18 heavy (non-hydrogen) atoms. The Kier molecular flexibility index (Phi) is 3.53. The first-order valence-electron chi connectivity index (χ1n) is 4.95. The van der Waals surface area contributed by atoms with Crippen LogP contribution in [0.5, 0.6) is 0 Å². The number of nitrogens with zero attached hydrogens (tertiary/aromatic N) is 2. The molecular formula is C12H7ClF2N2O. The Balaban J connectivity index is 2.31. The Morgan fingerprint density at radius 2 is 2.11 bits per heavy atom. The largest absolute Gasteiger partial charge is 0.287 e. The molecule has 0 saturated heterocycles. The Morgan fingerprint density at radius 1 is 1.33 bits per heavy atom. The van der Waals surface area contributed by atoms with Crippen LogP contribution in [-0.2, 0) is 0 Å². The molecule has 2 aromatic rings. The number of carbonyl (C=O) groups excluding carboxylic acids is 1. The van der Waals surface area contributed by atoms with Crippen molar-refractivity contribution in [1.29, 1.82) is 0 Å². The number of carbonyl (C=O) groups is 1. The molecule has 0 saturated carbocycles. The van der Waals surface area contributed by atoms with E-state index in [1.807, 2.05) is 0 Å². The van der Waals surface area contributed by atoms with Gasteiger partial charge in [0, 0.05) is 12.4 Å². The van der Waals surface area contributed by atoms with Gasteiger partial charge in [0.1, 0.15) is 5.82 Å². The zero-order valence-electron chi connectivity index (χ0n) is 8.98. The maximum atomic E-state index is 13.9. The van der Waals surface area contributed by atoms with Gasteiger partial charge in [-0.1, -0.05) is 16.1 Å². The molecule has 1 amide bonds. The van der Waals surface area contributed by atoms with Crippen molar-refractivity contribution in [3.05, 3.63) is 59.1 Å². The highest BCUT2D eigenvalue weighted by Gasteiger charge is 2.20. The first-order valence-corrected chi connectivity index (χ1v) is 5.32. The van der Waals surface area contributed by atoms with Crippen molar-refractivity contribution in [1.82, 2.24) is 4.98 Å². The van der Waals surface area contributed by atoms with Crippen molar-refractivity contribution in [3.8, 4) is 0 Å². The lowest BCUT2D eigenvalue weighted by molar-refractivity contribution is 0.0931. The molecule has 0 N–H and O–H groups in total. The summed E-state index contributed by atoms with van der Waals surface area (Å²) in [7, 11) is 0. The molecule has 0 unspecified atom stereocenters. The van der Waals surface area contributed by atoms with Crippen LogP contribution in [0, 0.1) is 5.82 Å². The molecule has 92 valence electrons. The third kappa shape index (κ3) is 2.46. The molecule has 0 aliphatic rings. The molecule has 6 heteroatoms. The van der Waals surface area contributed by atoms with Gasteiger partial charge in [-0.05, 0) is 30.3 Å². The normalized spacial score (nSPS) is 10.2. The molecule has 0 fully saturated rings. The fourth-order valence-corrected chi connectivity index (χ4v) is 1.59. The first kappa shape index (κ1) is 12.4. The van der Waals surface area contributed by atoms with Crippen molar-refractivity contribution in [2.24, 2.45) is 0 Å². The van der Waals surface area contributed by atoms with Crippen LogP contribution in [0.25, 0.3) is 0 Å². The molecule has 0 atom stereocenters. The van der Waals surface area contributed by atoms with Crippen LogP contribution in [-0.4, -0.2) is 10.9 Å². The molecule has 1 aromatic carbocycles. The fraction of sp³-hybridized carbons (Fsp3) is 0. The van der Waals surface area contributed by atoms with Gasteiger partial charge in [0.2, 0.25) is 0 Å². The Morgan fingerprint density at radius 3 is 2.72 bits per heavy atom. The zero-order chi connectivity index (χ0) is 13.1. The Bertz CT molecular complexity index is 578. The van der Waals surface area contributed by atoms with Crippen LogP contribution in [0.2, 0.25) is 5.02 Å². The monoisotopic (exact) mass is 268 g/mol. The van der Waals surface area contributed by atoms with E-state index in [-0.39, 0.29) is 21.4 Å². The van der Waals surface area contributed by atoms with E-state index in [4.69, 9.17) is 11.6 Å². The summed E-state index contributed by atoms with van der Waals surface area (Å²) >= 11 is 5.67. The summed E-state index contributed by atoms with van der Waals surface area (Å²) in [5.41, 5.74) is -0.146. The summed E-state index contributed by atoms with van der Waals surface area (Å²) < 4.78 is 26.7. The minimum atomic E-state index is -0.920. The van der Waals surface area contributed by atoms with E-state index in [0.29, 0.717) is 0 Å². The van der Waals surface area contributed by atoms with Crippen molar-refractivity contribution in [3.63, 3.8) is 0 Å². The van der Waals surface area contributed by atoms with Crippen LogP contribution in [0.3, 0.4) is 0 Å². The van der Waals surface area contributed by atoms with Gasteiger partial charge in [0.05, 0.1) is 16.3 Å². The Labute approximate surface area is 107 Å². The molecule has 1 heterocycles. The lowest BCUT2D eigenvalue weighted by Crippen LogP contribution is -2.22. The second-order valence-electron chi connectivity index (χ2n) is 3.42. The number of hydrogen-bond donors (Lipinski definition) is 0. The lowest BCUT2D eigenvalue weighted by Gasteiger charge is -2.13. The lowest BCUT2D eigenvalue weighted by atomic mass is 10.2. The third-order valence-corrected chi connectivity index (χ3v) is 2.51. The molecule has 0 spiro atoms. The van der Waals surface area contributed by atoms with Gasteiger partial charge >= 0.3 is 0 Å². The van der Waals surface area contributed by atoms with Gasteiger partial charge in [-0.25, -0.2) is 4.39 Å². The summed E-state index contributed by atoms with van der Waals surface area (Å²) in [6, 6.07) is 5.96. The standard InChI is InChI=1S/C12H7ClF2N2O/c13-10-6-9(14)3-4-11(10)17(15)12(18)8-2-1-5-16-7-8/h1-7H. The van der Waals surface area contributed by atoms with E-state index in [1.54, 1.807) is 0 Å². The average molecular weight is 269 g/mol. The van der Waals surface area contributed by atoms with Gasteiger partial charge < -0.3 is 0 Å². The Hall–Kier alpha value is -2.01. The molecule has 0 aliphatic heterocycles. The maximum Gasteiger partial charge on any atom is 0.287 e. The van der Waals surface area contributed by atoms with E-state index in [2.05, 4.69) is 4.98 Å². The number of benzene rings is 1. The van der Waals surface area contributed by atoms with Crippen molar-refractivity contribution < 1.29 is 13.7 Å². The summed E-state index contributed by atoms with van der Waals surface area (Å²) in [6.07, 6.45) is 2.69. The zero-order valence-corrected chi connectivity index (χ0v) is 9.73. The minimum absolute atomic E-state index is 0.0698. The van der Waals surface area contributed by atoms with Crippen LogP contribution in [0.15, 0.2) is 42.7 Å². The van der Waals surface area contributed by atoms with E-state index in [1.165, 1.54) is 24.5 Å². The number of anilines is 1. The number of amides is 1. The highest BCUT2D eigenvalue weighted by atomic mass is 35.5. The van der Waals surface area contributed by atoms with Crippen molar-refractivity contribution in [2.75, 3.05) is 5.12 Å². The fourth-order valence-electron chi connectivity index (χ4n) is 1.35. The summed E-state index contributed by atoms with van der Waals surface area (Å²) in [4.78, 5) is 15.5. The molecular weight excluding hydrogens is 262 g/mol. The molecule has 0 aliphatic carbocycles. The highest BCUT2D eigenvalue weighted by Crippen LogP contribution is 2.27. The minimum Gasteiger partial charge on any atom is -0.266 e. The number of rotatable bonds is 2. The molecule has 2 rings (SSSR count). The van der Waals surface area contributed by atoms with E-state index in [0.717, 1.165) is 18.2 Å². The van der Waals surface area contributed by atoms with Crippen molar-refractivity contribution in [2.45, 2.75) is 0 Å². The quantitative estimate of drug-likeness (QED) is 0.782. The smallest absolute Gasteiger partial charge is 0.266 e. The predicted molar refractivity (Wildman–Crippen MR) is 63.6 cm³/mol. The van der Waals surface area contributed by atoms with Gasteiger partial charge in [-0.2, -0.15) is 0 Å². The van der Waals surface area contributed by atoms with Crippen LogP contribution in [0.4, 0.5) is 14.6 Å².